The van der Waals surface area contributed by atoms with Crippen LogP contribution in [0.5, 0.6) is 0 Å². The van der Waals surface area contributed by atoms with Crippen LogP contribution in [0.15, 0.2) is 0 Å². The Balaban J connectivity index is 2.63. The molecule has 11 heavy (non-hydrogen) atoms. The molecule has 0 bridgehead atoms. The number of hydrogen-bond donors (Lipinski definition) is 1. The van der Waals surface area contributed by atoms with E-state index in [0.29, 0.717) is 6.54 Å². The quantitative estimate of drug-likeness (QED) is 0.515. The van der Waals surface area contributed by atoms with Gasteiger partial charge in [0, 0.05) is 26.7 Å². The Morgan fingerprint density at radius 1 is 1.55 bits per heavy atom. The zero-order chi connectivity index (χ0) is 8.43. The monoisotopic (exact) mass is 157 g/mol. The van der Waals surface area contributed by atoms with E-state index in [9.17, 15) is 4.79 Å². The van der Waals surface area contributed by atoms with Crippen molar-refractivity contribution in [3.63, 3.8) is 0 Å². The highest BCUT2D eigenvalue weighted by Gasteiger charge is 2.28. The summed E-state index contributed by atoms with van der Waals surface area (Å²) in [4.78, 5) is 15.1. The molecule has 4 heteroatoms. The summed E-state index contributed by atoms with van der Waals surface area (Å²) < 4.78 is 0. The van der Waals surface area contributed by atoms with Gasteiger partial charge in [-0.15, -0.1) is 0 Å². The molecule has 0 aromatic carbocycles. The average molecular weight is 157 g/mol. The van der Waals surface area contributed by atoms with Gasteiger partial charge in [-0.25, -0.2) is 0 Å². The number of nitrogens with zero attached hydrogens (tertiary/aromatic N) is 2. The summed E-state index contributed by atoms with van der Waals surface area (Å²) in [6, 6.07) is -0.103. The fourth-order valence-electron chi connectivity index (χ4n) is 1.30. The molecule has 64 valence electrons. The van der Waals surface area contributed by atoms with Crippen molar-refractivity contribution in [2.75, 3.05) is 33.7 Å². The van der Waals surface area contributed by atoms with Crippen LogP contribution in [0.25, 0.3) is 0 Å². The summed E-state index contributed by atoms with van der Waals surface area (Å²) in [5.74, 6) is 0.140. The van der Waals surface area contributed by atoms with Crippen LogP contribution in [0.3, 0.4) is 0 Å². The molecule has 1 aliphatic heterocycles. The van der Waals surface area contributed by atoms with Crippen molar-refractivity contribution in [3.8, 4) is 0 Å². The number of amides is 1. The maximum absolute atomic E-state index is 11.4. The van der Waals surface area contributed by atoms with Gasteiger partial charge in [0.25, 0.3) is 0 Å². The zero-order valence-electron chi connectivity index (χ0n) is 7.08. The maximum atomic E-state index is 11.4. The van der Waals surface area contributed by atoms with Crippen LogP contribution in [-0.4, -0.2) is 55.5 Å². The van der Waals surface area contributed by atoms with E-state index in [0.717, 1.165) is 13.1 Å². The second kappa shape index (κ2) is 3.19. The lowest BCUT2D eigenvalue weighted by molar-refractivity contribution is -0.138. The minimum Gasteiger partial charge on any atom is -0.343 e. The number of rotatable bonds is 1. The van der Waals surface area contributed by atoms with E-state index < -0.39 is 0 Å². The van der Waals surface area contributed by atoms with Gasteiger partial charge < -0.3 is 10.6 Å². The standard InChI is InChI=1S/C7H15N3O/c1-9-3-4-10(2)7(11)6(9)5-8/h6H,3-5,8H2,1-2H3. The van der Waals surface area contributed by atoms with Gasteiger partial charge in [-0.1, -0.05) is 0 Å². The molecule has 1 unspecified atom stereocenters. The first-order valence-electron chi connectivity index (χ1n) is 3.82. The molecule has 4 nitrogen and oxygen atoms in total. The number of carbonyl (C=O) groups is 1. The summed E-state index contributed by atoms with van der Waals surface area (Å²) in [5.41, 5.74) is 5.46. The second-order valence-corrected chi connectivity index (χ2v) is 2.99. The molecule has 1 atom stereocenters. The molecule has 0 radical (unpaired) electrons. The number of carbonyl (C=O) groups excluding carboxylic acids is 1. The molecular weight excluding hydrogens is 142 g/mol. The van der Waals surface area contributed by atoms with Crippen LogP contribution in [0, 0.1) is 0 Å². The van der Waals surface area contributed by atoms with Crippen molar-refractivity contribution >= 4 is 5.91 Å². The third-order valence-electron chi connectivity index (χ3n) is 2.20. The highest BCUT2D eigenvalue weighted by Crippen LogP contribution is 2.05. The largest absolute Gasteiger partial charge is 0.343 e. The van der Waals surface area contributed by atoms with Crippen molar-refractivity contribution in [1.82, 2.24) is 9.80 Å². The highest BCUT2D eigenvalue weighted by atomic mass is 16.2. The van der Waals surface area contributed by atoms with E-state index in [1.165, 1.54) is 0 Å². The van der Waals surface area contributed by atoms with Gasteiger partial charge in [0.05, 0.1) is 0 Å². The number of hydrogen-bond acceptors (Lipinski definition) is 3. The number of likely N-dealkylation sites (N-methyl/N-ethyl adjacent to an activating group) is 2. The first-order valence-corrected chi connectivity index (χ1v) is 3.82. The van der Waals surface area contributed by atoms with Gasteiger partial charge in [-0.05, 0) is 7.05 Å². The third kappa shape index (κ3) is 1.52. The Labute approximate surface area is 66.9 Å². The third-order valence-corrected chi connectivity index (χ3v) is 2.20. The number of piperazine rings is 1. The van der Waals surface area contributed by atoms with Gasteiger partial charge in [-0.2, -0.15) is 0 Å². The molecule has 1 saturated heterocycles. The first-order chi connectivity index (χ1) is 5.16. The lowest BCUT2D eigenvalue weighted by atomic mass is 10.2. The normalized spacial score (nSPS) is 27.7. The van der Waals surface area contributed by atoms with Crippen molar-refractivity contribution < 1.29 is 4.79 Å². The fraction of sp³-hybridized carbons (Fsp3) is 0.857. The Morgan fingerprint density at radius 3 is 2.64 bits per heavy atom. The van der Waals surface area contributed by atoms with Crippen molar-refractivity contribution in [2.24, 2.45) is 5.73 Å². The summed E-state index contributed by atoms with van der Waals surface area (Å²) >= 11 is 0. The summed E-state index contributed by atoms with van der Waals surface area (Å²) in [6.45, 7) is 2.15. The summed E-state index contributed by atoms with van der Waals surface area (Å²) in [6.07, 6.45) is 0. The fourth-order valence-corrected chi connectivity index (χ4v) is 1.30. The average Bonchev–Trinajstić information content (AvgIpc) is 1.99. The van der Waals surface area contributed by atoms with Gasteiger partial charge >= 0.3 is 0 Å². The van der Waals surface area contributed by atoms with Crippen molar-refractivity contribution in [2.45, 2.75) is 6.04 Å². The SMILES string of the molecule is CN1CCN(C)C(CN)C1=O. The zero-order valence-corrected chi connectivity index (χ0v) is 7.08. The Hall–Kier alpha value is -0.610. The molecular formula is C7H15N3O. The first kappa shape index (κ1) is 8.49. The minimum atomic E-state index is -0.103. The molecule has 2 N–H and O–H groups in total. The van der Waals surface area contributed by atoms with E-state index in [-0.39, 0.29) is 11.9 Å². The van der Waals surface area contributed by atoms with Crippen LogP contribution < -0.4 is 5.73 Å². The van der Waals surface area contributed by atoms with Gasteiger partial charge in [0.2, 0.25) is 5.91 Å². The van der Waals surface area contributed by atoms with Crippen LogP contribution in [0.1, 0.15) is 0 Å². The molecule has 1 aliphatic rings. The smallest absolute Gasteiger partial charge is 0.241 e. The Bertz CT molecular complexity index is 160. The molecule has 0 aliphatic carbocycles. The molecule has 1 fully saturated rings. The molecule has 0 spiro atoms. The van der Waals surface area contributed by atoms with E-state index in [1.807, 2.05) is 19.0 Å². The highest BCUT2D eigenvalue weighted by molar-refractivity contribution is 5.82. The van der Waals surface area contributed by atoms with Crippen LogP contribution >= 0.6 is 0 Å². The molecule has 1 heterocycles. The Kier molecular flexibility index (Phi) is 2.46. The van der Waals surface area contributed by atoms with Gasteiger partial charge in [-0.3, -0.25) is 9.69 Å². The molecule has 0 aromatic rings. The molecule has 0 aromatic heterocycles. The van der Waals surface area contributed by atoms with E-state index >= 15 is 0 Å². The lowest BCUT2D eigenvalue weighted by Crippen LogP contribution is -2.56. The maximum Gasteiger partial charge on any atom is 0.241 e. The molecule has 1 rings (SSSR count). The lowest BCUT2D eigenvalue weighted by Gasteiger charge is -2.35. The summed E-state index contributed by atoms with van der Waals surface area (Å²) in [7, 11) is 3.75. The van der Waals surface area contributed by atoms with E-state index in [1.54, 1.807) is 4.90 Å². The van der Waals surface area contributed by atoms with E-state index in [4.69, 9.17) is 5.73 Å². The van der Waals surface area contributed by atoms with Crippen molar-refractivity contribution in [3.05, 3.63) is 0 Å². The topological polar surface area (TPSA) is 49.6 Å². The predicted molar refractivity (Wildman–Crippen MR) is 43.1 cm³/mol. The Morgan fingerprint density at radius 2 is 2.18 bits per heavy atom. The number of nitrogens with two attached hydrogens (primary N) is 1. The summed E-state index contributed by atoms with van der Waals surface area (Å²) in [5, 5.41) is 0. The minimum absolute atomic E-state index is 0.103. The molecule has 0 saturated carbocycles. The van der Waals surface area contributed by atoms with Crippen molar-refractivity contribution in [1.29, 1.82) is 0 Å². The predicted octanol–water partition coefficient (Wildman–Crippen LogP) is -1.28. The van der Waals surface area contributed by atoms with Crippen LogP contribution in [0.2, 0.25) is 0 Å². The van der Waals surface area contributed by atoms with Crippen LogP contribution in [-0.2, 0) is 4.79 Å². The molecule has 1 amide bonds. The van der Waals surface area contributed by atoms with Crippen LogP contribution in [0.4, 0.5) is 0 Å². The second-order valence-electron chi connectivity index (χ2n) is 2.99. The van der Waals surface area contributed by atoms with Gasteiger partial charge in [0.15, 0.2) is 0 Å². The van der Waals surface area contributed by atoms with E-state index in [2.05, 4.69) is 0 Å². The van der Waals surface area contributed by atoms with Gasteiger partial charge in [0.1, 0.15) is 6.04 Å².